The summed E-state index contributed by atoms with van der Waals surface area (Å²) in [5, 5.41) is 3.49. The molecule has 124 valence electrons. The molecule has 2 rings (SSSR count). The molecule has 0 amide bonds. The topological polar surface area (TPSA) is 52.7 Å². The van der Waals surface area contributed by atoms with Gasteiger partial charge < -0.3 is 5.32 Å². The normalized spacial score (nSPS) is 26.2. The Morgan fingerprint density at radius 3 is 2.67 bits per heavy atom. The Hall–Kier alpha value is 0.180. The van der Waals surface area contributed by atoms with E-state index in [-0.39, 0.29) is 12.1 Å². The van der Waals surface area contributed by atoms with Gasteiger partial charge in [-0.1, -0.05) is 6.42 Å². The number of piperidine rings is 1. The molecule has 0 aromatic rings. The van der Waals surface area contributed by atoms with Crippen molar-refractivity contribution in [2.75, 3.05) is 32.1 Å². The number of rotatable bonds is 8. The van der Waals surface area contributed by atoms with Gasteiger partial charge in [0.2, 0.25) is 0 Å². The van der Waals surface area contributed by atoms with Gasteiger partial charge in [-0.2, -0.15) is 28.8 Å². The van der Waals surface area contributed by atoms with E-state index in [4.69, 9.17) is 0 Å². The molecule has 2 aliphatic rings. The lowest BCUT2D eigenvalue weighted by Gasteiger charge is -2.38. The minimum atomic E-state index is -3.35. The highest BCUT2D eigenvalue weighted by molar-refractivity contribution is 7.98. The Kier molecular flexibility index (Phi) is 6.38. The molecule has 1 aliphatic heterocycles. The third kappa shape index (κ3) is 4.58. The Bertz CT molecular complexity index is 426. The van der Waals surface area contributed by atoms with E-state index in [0.717, 1.165) is 31.6 Å². The van der Waals surface area contributed by atoms with Gasteiger partial charge in [-0.15, -0.1) is 0 Å². The van der Waals surface area contributed by atoms with Gasteiger partial charge in [-0.05, 0) is 38.9 Å². The van der Waals surface area contributed by atoms with E-state index in [1.54, 1.807) is 27.4 Å². The number of nitrogens with one attached hydrogen (secondary N) is 1. The van der Waals surface area contributed by atoms with Crippen molar-refractivity contribution in [1.29, 1.82) is 0 Å². The molecule has 1 saturated carbocycles. The van der Waals surface area contributed by atoms with Crippen LogP contribution in [0.4, 0.5) is 0 Å². The molecule has 1 aliphatic carbocycles. The van der Waals surface area contributed by atoms with Crippen molar-refractivity contribution >= 4 is 22.0 Å². The number of nitrogens with zero attached hydrogens (tertiary/aromatic N) is 2. The van der Waals surface area contributed by atoms with Gasteiger partial charge in [0, 0.05) is 44.0 Å². The van der Waals surface area contributed by atoms with Crippen molar-refractivity contribution < 1.29 is 8.42 Å². The first kappa shape index (κ1) is 17.5. The second-order valence-corrected chi connectivity index (χ2v) is 9.12. The van der Waals surface area contributed by atoms with Gasteiger partial charge in [0.15, 0.2) is 0 Å². The monoisotopic (exact) mass is 335 g/mol. The predicted octanol–water partition coefficient (Wildman–Crippen LogP) is 1.52. The van der Waals surface area contributed by atoms with Crippen molar-refractivity contribution in [3.63, 3.8) is 0 Å². The van der Waals surface area contributed by atoms with E-state index in [0.29, 0.717) is 12.6 Å². The molecule has 0 bridgehead atoms. The van der Waals surface area contributed by atoms with Crippen molar-refractivity contribution in [3.05, 3.63) is 0 Å². The number of hydrogen-bond donors (Lipinski definition) is 1. The van der Waals surface area contributed by atoms with Crippen LogP contribution in [0.2, 0.25) is 0 Å². The summed E-state index contributed by atoms with van der Waals surface area (Å²) >= 11 is 1.69. The fraction of sp³-hybridized carbons (Fsp3) is 1.00. The van der Waals surface area contributed by atoms with Crippen LogP contribution in [0.5, 0.6) is 0 Å². The Labute approximate surface area is 134 Å². The minimum absolute atomic E-state index is 0.0315. The molecular weight excluding hydrogens is 306 g/mol. The second kappa shape index (κ2) is 7.64. The minimum Gasteiger partial charge on any atom is -0.312 e. The molecule has 1 saturated heterocycles. The Morgan fingerprint density at radius 1 is 1.33 bits per heavy atom. The number of hydrogen-bond acceptors (Lipinski definition) is 4. The third-order valence-corrected chi connectivity index (χ3v) is 7.46. The molecular formula is C14H29N3O2S2. The van der Waals surface area contributed by atoms with Crippen molar-refractivity contribution in [1.82, 2.24) is 13.9 Å². The van der Waals surface area contributed by atoms with E-state index >= 15 is 0 Å². The van der Waals surface area contributed by atoms with Crippen molar-refractivity contribution in [2.24, 2.45) is 0 Å². The van der Waals surface area contributed by atoms with E-state index in [1.807, 2.05) is 13.2 Å². The van der Waals surface area contributed by atoms with Crippen LogP contribution < -0.4 is 5.32 Å². The van der Waals surface area contributed by atoms with Crippen LogP contribution in [0.1, 0.15) is 39.0 Å². The molecule has 0 aromatic heterocycles. The van der Waals surface area contributed by atoms with Crippen LogP contribution in [-0.4, -0.2) is 67.3 Å². The van der Waals surface area contributed by atoms with Crippen LogP contribution in [0.25, 0.3) is 0 Å². The highest BCUT2D eigenvalue weighted by Gasteiger charge is 2.37. The fourth-order valence-corrected chi connectivity index (χ4v) is 5.39. The van der Waals surface area contributed by atoms with Gasteiger partial charge >= 0.3 is 0 Å². The smallest absolute Gasteiger partial charge is 0.282 e. The van der Waals surface area contributed by atoms with Gasteiger partial charge in [0.1, 0.15) is 0 Å². The summed E-state index contributed by atoms with van der Waals surface area (Å²) in [5.74, 6) is 0.828. The van der Waals surface area contributed by atoms with Gasteiger partial charge in [0.05, 0.1) is 0 Å². The average Bonchev–Trinajstić information content (AvgIpc) is 3.29. The van der Waals surface area contributed by atoms with Crippen LogP contribution in [0.3, 0.4) is 0 Å². The van der Waals surface area contributed by atoms with Gasteiger partial charge in [-0.3, -0.25) is 0 Å². The maximum atomic E-state index is 12.9. The largest absolute Gasteiger partial charge is 0.312 e. The van der Waals surface area contributed by atoms with Crippen molar-refractivity contribution in [2.45, 2.75) is 57.2 Å². The Balaban J connectivity index is 2.02. The van der Waals surface area contributed by atoms with Crippen LogP contribution in [0.15, 0.2) is 0 Å². The first-order valence-corrected chi connectivity index (χ1v) is 10.7. The molecule has 5 nitrogen and oxygen atoms in total. The molecule has 1 heterocycles. The maximum absolute atomic E-state index is 12.9. The first-order chi connectivity index (χ1) is 9.96. The Morgan fingerprint density at radius 2 is 2.05 bits per heavy atom. The quantitative estimate of drug-likeness (QED) is 0.731. The summed E-state index contributed by atoms with van der Waals surface area (Å²) in [5.41, 5.74) is 0. The summed E-state index contributed by atoms with van der Waals surface area (Å²) < 4.78 is 29.1. The van der Waals surface area contributed by atoms with E-state index in [9.17, 15) is 8.42 Å². The lowest BCUT2D eigenvalue weighted by atomic mass is 10.1. The van der Waals surface area contributed by atoms with Crippen LogP contribution in [-0.2, 0) is 10.2 Å². The lowest BCUT2D eigenvalue weighted by molar-refractivity contribution is 0.225. The molecule has 21 heavy (non-hydrogen) atoms. The zero-order valence-electron chi connectivity index (χ0n) is 13.4. The summed E-state index contributed by atoms with van der Waals surface area (Å²) in [6, 6.07) is 0.780. The highest BCUT2D eigenvalue weighted by Crippen LogP contribution is 2.25. The van der Waals surface area contributed by atoms with Crippen molar-refractivity contribution in [3.8, 4) is 0 Å². The molecule has 0 aromatic carbocycles. The van der Waals surface area contributed by atoms with Gasteiger partial charge in [0.25, 0.3) is 10.2 Å². The average molecular weight is 336 g/mol. The van der Waals surface area contributed by atoms with Gasteiger partial charge in [-0.25, -0.2) is 0 Å². The zero-order valence-corrected chi connectivity index (χ0v) is 15.0. The van der Waals surface area contributed by atoms with E-state index < -0.39 is 10.2 Å². The van der Waals surface area contributed by atoms with E-state index in [2.05, 4.69) is 5.32 Å². The molecule has 0 spiro atoms. The summed E-state index contributed by atoms with van der Waals surface area (Å²) in [6.07, 6.45) is 7.58. The fourth-order valence-electron chi connectivity index (χ4n) is 2.81. The summed E-state index contributed by atoms with van der Waals surface area (Å²) in [7, 11) is -1.63. The molecule has 2 unspecified atom stereocenters. The SMILES string of the molecule is CSCC(C)N(C)S(=O)(=O)N1CCCCC1CNC1CC1. The van der Waals surface area contributed by atoms with Crippen LogP contribution >= 0.6 is 11.8 Å². The lowest BCUT2D eigenvalue weighted by Crippen LogP contribution is -2.54. The molecule has 7 heteroatoms. The second-order valence-electron chi connectivity index (χ2n) is 6.27. The predicted molar refractivity (Wildman–Crippen MR) is 89.9 cm³/mol. The molecule has 1 N–H and O–H groups in total. The third-order valence-electron chi connectivity index (χ3n) is 4.48. The molecule has 0 radical (unpaired) electrons. The zero-order chi connectivity index (χ0) is 15.5. The van der Waals surface area contributed by atoms with E-state index in [1.165, 1.54) is 12.8 Å². The summed E-state index contributed by atoms with van der Waals surface area (Å²) in [4.78, 5) is 0. The van der Waals surface area contributed by atoms with Crippen LogP contribution in [0, 0.1) is 0 Å². The molecule has 2 fully saturated rings. The highest BCUT2D eigenvalue weighted by atomic mass is 32.2. The standard InChI is InChI=1S/C14H29N3O2S2/c1-12(11-20-3)16(2)21(18,19)17-9-5-4-6-14(17)10-15-13-7-8-13/h12-15H,4-11H2,1-3H3. The summed E-state index contributed by atoms with van der Waals surface area (Å²) in [6.45, 7) is 3.44. The molecule has 2 atom stereocenters. The number of thioether (sulfide) groups is 1. The first-order valence-electron chi connectivity index (χ1n) is 7.94. The maximum Gasteiger partial charge on any atom is 0.282 e.